The van der Waals surface area contributed by atoms with Crippen molar-refractivity contribution in [3.05, 3.63) is 63.7 Å². The molecule has 0 spiro atoms. The van der Waals surface area contributed by atoms with Gasteiger partial charge in [0, 0.05) is 35.8 Å². The number of para-hydroxylation sites is 1. The van der Waals surface area contributed by atoms with E-state index in [4.69, 9.17) is 9.47 Å². The Morgan fingerprint density at radius 1 is 1.29 bits per heavy atom. The van der Waals surface area contributed by atoms with Crippen LogP contribution in [0.5, 0.6) is 5.75 Å². The van der Waals surface area contributed by atoms with Gasteiger partial charge in [0.2, 0.25) is 6.29 Å². The van der Waals surface area contributed by atoms with Crippen molar-refractivity contribution in [2.75, 3.05) is 18.5 Å². The number of nitro groups is 1. The molecule has 0 saturated heterocycles. The van der Waals surface area contributed by atoms with E-state index >= 15 is 0 Å². The van der Waals surface area contributed by atoms with E-state index in [1.54, 1.807) is 13.8 Å². The van der Waals surface area contributed by atoms with Gasteiger partial charge >= 0.3 is 0 Å². The lowest BCUT2D eigenvalue weighted by atomic mass is 10.00. The molecule has 9 nitrogen and oxygen atoms in total. The van der Waals surface area contributed by atoms with Gasteiger partial charge in [0.15, 0.2) is 0 Å². The number of unbranched alkanes of at least 4 members (excludes halogenated alkanes) is 1. The molecule has 1 aliphatic rings. The van der Waals surface area contributed by atoms with Gasteiger partial charge in [-0.2, -0.15) is 0 Å². The summed E-state index contributed by atoms with van der Waals surface area (Å²) in [6.45, 7) is 6.18. The van der Waals surface area contributed by atoms with Gasteiger partial charge in [0.1, 0.15) is 5.75 Å². The van der Waals surface area contributed by atoms with E-state index < -0.39 is 22.7 Å². The number of aliphatic hydroxyl groups excluding tert-OH is 1. The van der Waals surface area contributed by atoms with Gasteiger partial charge in [-0.3, -0.25) is 14.9 Å². The van der Waals surface area contributed by atoms with E-state index in [9.17, 15) is 20.0 Å². The van der Waals surface area contributed by atoms with Crippen molar-refractivity contribution in [2.45, 2.75) is 58.5 Å². The second-order valence-corrected chi connectivity index (χ2v) is 9.17. The highest BCUT2D eigenvalue weighted by molar-refractivity contribution is 6.00. The molecular formula is C25H33N3O6. The van der Waals surface area contributed by atoms with E-state index in [1.165, 1.54) is 18.2 Å². The zero-order valence-corrected chi connectivity index (χ0v) is 19.9. The first kappa shape index (κ1) is 25.5. The minimum absolute atomic E-state index is 0.0961. The van der Waals surface area contributed by atoms with Crippen molar-refractivity contribution in [3.63, 3.8) is 0 Å². The largest absolute Gasteiger partial charge is 0.464 e. The Labute approximate surface area is 199 Å². The standard InChI is InChI=1S/C25H33N3O6/c1-4-5-8-17(24-33-15-18-9-6-7-10-22(18)34-24)14-26-23(30)20-13-19(28(31)32)11-12-21(20)27-25(2,3)16-29/h6-7,9-13,17,24,27,29H,4-5,8,14-16H2,1-3H3,(H,26,30). The van der Waals surface area contributed by atoms with Crippen molar-refractivity contribution in [2.24, 2.45) is 5.92 Å². The lowest BCUT2D eigenvalue weighted by Crippen LogP contribution is -2.41. The van der Waals surface area contributed by atoms with E-state index in [1.807, 2.05) is 24.3 Å². The number of non-ortho nitro benzene ring substituents is 1. The fraction of sp³-hybridized carbons (Fsp3) is 0.480. The van der Waals surface area contributed by atoms with E-state index in [-0.39, 0.29) is 30.3 Å². The van der Waals surface area contributed by atoms with Crippen LogP contribution in [-0.4, -0.2) is 40.9 Å². The summed E-state index contributed by atoms with van der Waals surface area (Å²) in [5.41, 5.74) is 0.630. The van der Waals surface area contributed by atoms with Crippen LogP contribution in [0.4, 0.5) is 11.4 Å². The topological polar surface area (TPSA) is 123 Å². The second-order valence-electron chi connectivity index (χ2n) is 9.17. The number of hydrogen-bond acceptors (Lipinski definition) is 7. The molecule has 0 aromatic heterocycles. The minimum Gasteiger partial charge on any atom is -0.464 e. The molecule has 0 fully saturated rings. The number of nitrogens with one attached hydrogen (secondary N) is 2. The monoisotopic (exact) mass is 471 g/mol. The zero-order valence-electron chi connectivity index (χ0n) is 19.9. The first-order chi connectivity index (χ1) is 16.2. The molecule has 2 atom stereocenters. The van der Waals surface area contributed by atoms with Gasteiger partial charge in [0.25, 0.3) is 11.6 Å². The molecule has 2 aromatic carbocycles. The number of nitrogens with zero attached hydrogens (tertiary/aromatic N) is 1. The van der Waals surface area contributed by atoms with Gasteiger partial charge in [-0.05, 0) is 32.4 Å². The van der Waals surface area contributed by atoms with Crippen molar-refractivity contribution >= 4 is 17.3 Å². The fourth-order valence-electron chi connectivity index (χ4n) is 3.77. The molecule has 3 rings (SSSR count). The molecule has 1 amide bonds. The highest BCUT2D eigenvalue weighted by atomic mass is 16.7. The van der Waals surface area contributed by atoms with Crippen molar-refractivity contribution in [1.29, 1.82) is 0 Å². The molecule has 2 aromatic rings. The van der Waals surface area contributed by atoms with E-state index in [0.717, 1.165) is 30.6 Å². The second kappa shape index (κ2) is 11.3. The molecule has 184 valence electrons. The average Bonchev–Trinajstić information content (AvgIpc) is 2.83. The molecular weight excluding hydrogens is 438 g/mol. The van der Waals surface area contributed by atoms with Crippen LogP contribution in [0, 0.1) is 16.0 Å². The Kier molecular flexibility index (Phi) is 8.46. The number of anilines is 1. The summed E-state index contributed by atoms with van der Waals surface area (Å²) < 4.78 is 12.0. The summed E-state index contributed by atoms with van der Waals surface area (Å²) in [5.74, 6) is 0.238. The van der Waals surface area contributed by atoms with Crippen molar-refractivity contribution in [3.8, 4) is 5.75 Å². The molecule has 0 saturated carbocycles. The number of rotatable bonds is 11. The maximum atomic E-state index is 13.2. The summed E-state index contributed by atoms with van der Waals surface area (Å²) in [4.78, 5) is 23.9. The number of amides is 1. The number of fused-ring (bicyclic) bond motifs is 1. The molecule has 2 unspecified atom stereocenters. The zero-order chi connectivity index (χ0) is 24.7. The fourth-order valence-corrected chi connectivity index (χ4v) is 3.77. The van der Waals surface area contributed by atoms with Gasteiger partial charge in [-0.15, -0.1) is 0 Å². The number of carbonyl (C=O) groups is 1. The lowest BCUT2D eigenvalue weighted by molar-refractivity contribution is -0.384. The minimum atomic E-state index is -0.716. The van der Waals surface area contributed by atoms with E-state index in [2.05, 4.69) is 17.6 Å². The van der Waals surface area contributed by atoms with Crippen LogP contribution in [0.25, 0.3) is 0 Å². The van der Waals surface area contributed by atoms with Gasteiger partial charge < -0.3 is 25.2 Å². The number of aliphatic hydroxyl groups is 1. The normalized spacial score (nSPS) is 16.2. The summed E-state index contributed by atoms with van der Waals surface area (Å²) in [5, 5.41) is 26.9. The lowest BCUT2D eigenvalue weighted by Gasteiger charge is -2.32. The SMILES string of the molecule is CCCCC(CNC(=O)c1cc([N+](=O)[O-])ccc1NC(C)(C)CO)C1OCc2ccccc2O1. The van der Waals surface area contributed by atoms with Crippen LogP contribution < -0.4 is 15.4 Å². The predicted octanol–water partition coefficient (Wildman–Crippen LogP) is 4.25. The number of hydrogen-bond donors (Lipinski definition) is 3. The van der Waals surface area contributed by atoms with Crippen molar-refractivity contribution in [1.82, 2.24) is 5.32 Å². The highest BCUT2D eigenvalue weighted by Gasteiger charge is 2.29. The third-order valence-electron chi connectivity index (χ3n) is 5.78. The van der Waals surface area contributed by atoms with Crippen LogP contribution in [0.1, 0.15) is 56.0 Å². The predicted molar refractivity (Wildman–Crippen MR) is 129 cm³/mol. The third-order valence-corrected chi connectivity index (χ3v) is 5.78. The molecule has 1 aliphatic heterocycles. The van der Waals surface area contributed by atoms with Crippen molar-refractivity contribution < 1.29 is 24.3 Å². The maximum absolute atomic E-state index is 13.2. The maximum Gasteiger partial charge on any atom is 0.270 e. The van der Waals surface area contributed by atoms with Crippen LogP contribution in [0.15, 0.2) is 42.5 Å². The Balaban J connectivity index is 1.77. The smallest absolute Gasteiger partial charge is 0.270 e. The van der Waals surface area contributed by atoms with Crippen LogP contribution >= 0.6 is 0 Å². The van der Waals surface area contributed by atoms with Gasteiger partial charge in [-0.1, -0.05) is 38.0 Å². The Hall–Kier alpha value is -3.17. The number of benzene rings is 2. The van der Waals surface area contributed by atoms with Gasteiger partial charge in [0.05, 0.1) is 29.2 Å². The summed E-state index contributed by atoms with van der Waals surface area (Å²) >= 11 is 0. The first-order valence-electron chi connectivity index (χ1n) is 11.6. The molecule has 3 N–H and O–H groups in total. The van der Waals surface area contributed by atoms with Crippen LogP contribution in [0.2, 0.25) is 0 Å². The molecule has 0 radical (unpaired) electrons. The quantitative estimate of drug-likeness (QED) is 0.331. The van der Waals surface area contributed by atoms with Crippen LogP contribution in [0.3, 0.4) is 0 Å². The summed E-state index contributed by atoms with van der Waals surface area (Å²) in [6, 6.07) is 11.8. The van der Waals surface area contributed by atoms with E-state index in [0.29, 0.717) is 12.3 Å². The Bertz CT molecular complexity index is 1010. The molecule has 1 heterocycles. The third kappa shape index (κ3) is 6.45. The number of ether oxygens (including phenoxy) is 2. The average molecular weight is 472 g/mol. The van der Waals surface area contributed by atoms with Crippen LogP contribution in [-0.2, 0) is 11.3 Å². The first-order valence-corrected chi connectivity index (χ1v) is 11.6. The Morgan fingerprint density at radius 3 is 2.76 bits per heavy atom. The number of carbonyl (C=O) groups excluding carboxylic acids is 1. The number of nitro benzene ring substituents is 1. The highest BCUT2D eigenvalue weighted by Crippen LogP contribution is 2.30. The molecule has 0 bridgehead atoms. The van der Waals surface area contributed by atoms with Gasteiger partial charge in [-0.25, -0.2) is 0 Å². The Morgan fingerprint density at radius 2 is 2.06 bits per heavy atom. The molecule has 9 heteroatoms. The molecule has 0 aliphatic carbocycles. The summed E-state index contributed by atoms with van der Waals surface area (Å²) in [6.07, 6.45) is 2.22. The summed E-state index contributed by atoms with van der Waals surface area (Å²) in [7, 11) is 0. The molecule has 34 heavy (non-hydrogen) atoms.